The zero-order valence-corrected chi connectivity index (χ0v) is 77.3. The molecule has 674 valence electrons. The van der Waals surface area contributed by atoms with Crippen LogP contribution in [0.3, 0.4) is 0 Å². The molecule has 5 unspecified atom stereocenters. The number of nitrogens with zero attached hydrogens (tertiary/aromatic N) is 16. The Morgan fingerprint density at radius 3 is 0.880 bits per heavy atom. The predicted molar refractivity (Wildman–Crippen MR) is 460 cm³/mol. The molecule has 0 fully saturated rings. The smallest absolute Gasteiger partial charge is 0.323 e. The van der Waals surface area contributed by atoms with E-state index >= 15 is 0 Å². The number of aliphatic carboxylic acids is 1. The van der Waals surface area contributed by atoms with Gasteiger partial charge >= 0.3 is 5.97 Å². The van der Waals surface area contributed by atoms with Crippen molar-refractivity contribution in [3.8, 4) is 0 Å². The molecule has 0 saturated heterocycles. The number of carbonyl (C=O) groups excluding carboxylic acids is 11. The Bertz CT molecular complexity index is 3570. The van der Waals surface area contributed by atoms with Crippen LogP contribution in [0.25, 0.3) is 0 Å². The van der Waals surface area contributed by atoms with E-state index in [-0.39, 0.29) is 112 Å². The van der Waals surface area contributed by atoms with E-state index in [2.05, 4.69) is 62.3 Å². The molecule has 0 aromatic carbocycles. The van der Waals surface area contributed by atoms with Gasteiger partial charge in [-0.05, 0) is 206 Å². The molecular weight excluding hydrogens is 1510 g/mol. The molecule has 5 heterocycles. The lowest BCUT2D eigenvalue weighted by molar-refractivity contribution is -0.243. The van der Waals surface area contributed by atoms with Gasteiger partial charge in [0.1, 0.15) is 43.7 Å². The van der Waals surface area contributed by atoms with Crippen molar-refractivity contribution in [3.05, 3.63) is 0 Å². The second-order valence-corrected chi connectivity index (χ2v) is 33.8. The molecule has 0 aliphatic carbocycles. The summed E-state index contributed by atoms with van der Waals surface area (Å²) in [6.45, 7) is 38.9. The highest BCUT2D eigenvalue weighted by Gasteiger charge is 2.51. The van der Waals surface area contributed by atoms with Crippen LogP contribution in [0.1, 0.15) is 178 Å². The minimum absolute atomic E-state index is 0. The van der Waals surface area contributed by atoms with Crippen LogP contribution in [0.15, 0.2) is 25.5 Å². The number of nitrogens with one attached hydrogen (secondary N) is 6. The number of rotatable bonds is 31. The van der Waals surface area contributed by atoms with Gasteiger partial charge in [0.25, 0.3) is 29.5 Å². The third-order valence-corrected chi connectivity index (χ3v) is 22.3. The molecule has 5 rings (SSSR count). The van der Waals surface area contributed by atoms with Gasteiger partial charge in [0.05, 0.1) is 59.3 Å². The van der Waals surface area contributed by atoms with Crippen molar-refractivity contribution in [2.24, 2.45) is 58.3 Å². The number of hydrogen-bond donors (Lipinski definition) is 9. The Morgan fingerprint density at radius 2 is 0.684 bits per heavy atom. The summed E-state index contributed by atoms with van der Waals surface area (Å²) in [5.74, 6) is -2.40. The second-order valence-electron chi connectivity index (χ2n) is 33.8. The summed E-state index contributed by atoms with van der Waals surface area (Å²) in [4.78, 5) is 159. The molecule has 11 amide bonds. The van der Waals surface area contributed by atoms with E-state index in [0.717, 1.165) is 41.5 Å². The van der Waals surface area contributed by atoms with Gasteiger partial charge in [-0.2, -0.15) is 25.5 Å². The third-order valence-electron chi connectivity index (χ3n) is 22.3. The summed E-state index contributed by atoms with van der Waals surface area (Å²) in [5.41, 5.74) is 1.76. The van der Waals surface area contributed by atoms with Gasteiger partial charge in [0.15, 0.2) is 0 Å². The Morgan fingerprint density at radius 1 is 0.427 bits per heavy atom. The first-order valence-corrected chi connectivity index (χ1v) is 39.0. The third kappa shape index (κ3) is 28.7. The maximum atomic E-state index is 12.7. The first kappa shape index (κ1) is 113. The lowest BCUT2D eigenvalue weighted by Gasteiger charge is -2.36. The monoisotopic (exact) mass is 1660 g/mol. The van der Waals surface area contributed by atoms with Crippen LogP contribution in [0.2, 0.25) is 0 Å². The summed E-state index contributed by atoms with van der Waals surface area (Å²) in [6.07, 6.45) is 3.43. The molecule has 38 heteroatoms. The summed E-state index contributed by atoms with van der Waals surface area (Å²) in [7, 11) is 29.4. The SMILES string of the molecule is C.CCC1=NN(C)C(=O)C1(C)CN.CCC1=NN(C)C(=O)C1(C)CNC(=O)C(C)(C)N(C)C.CCC1=NN(C)C(=O)C1(C)CNC(=O)C(C)(C)N(C)C(=O)CN(C)C.CCC1=NN(C)C(=O)C1(C)CNC(=O)C(C)(C)N(C)C(=O)CNC.CCC1=NN(C)C(=O)C1(C)CNC(=O)C(C)(C)NC.CN(C)C(C)(C)C(=O)O.CN(C)CCOO. The minimum atomic E-state index is -1.03. The molecule has 5 atom stereocenters. The van der Waals surface area contributed by atoms with Crippen molar-refractivity contribution < 1.29 is 72.8 Å². The van der Waals surface area contributed by atoms with Crippen LogP contribution >= 0.6 is 0 Å². The number of carboxylic acid groups (broad SMARTS) is 1. The first-order valence-electron chi connectivity index (χ1n) is 39.0. The molecule has 5 aliphatic heterocycles. The molecule has 117 heavy (non-hydrogen) atoms. The van der Waals surface area contributed by atoms with Crippen molar-refractivity contribution in [2.45, 2.75) is 206 Å². The molecule has 0 aromatic heterocycles. The Hall–Kier alpha value is -8.37. The molecule has 0 bridgehead atoms. The molecule has 0 aromatic rings. The zero-order chi connectivity index (χ0) is 91.6. The fourth-order valence-corrected chi connectivity index (χ4v) is 11.5. The number of hydrazone groups is 5. The lowest BCUT2D eigenvalue weighted by Crippen LogP contribution is -2.58. The van der Waals surface area contributed by atoms with Gasteiger partial charge in [-0.3, -0.25) is 72.6 Å². The summed E-state index contributed by atoms with van der Waals surface area (Å²) in [5, 5.41) is 61.3. The summed E-state index contributed by atoms with van der Waals surface area (Å²) in [6, 6.07) is 0. The highest BCUT2D eigenvalue weighted by atomic mass is 17.1. The van der Waals surface area contributed by atoms with E-state index in [1.165, 1.54) is 34.8 Å². The molecule has 0 radical (unpaired) electrons. The van der Waals surface area contributed by atoms with Crippen LogP contribution < -0.4 is 37.6 Å². The van der Waals surface area contributed by atoms with Crippen LogP contribution in [-0.2, 0) is 62.4 Å². The van der Waals surface area contributed by atoms with Crippen molar-refractivity contribution in [1.82, 2.24) is 86.3 Å². The highest BCUT2D eigenvalue weighted by molar-refractivity contribution is 6.15. The molecule has 10 N–H and O–H groups in total. The Balaban J connectivity index is -0.00000134. The fourth-order valence-electron chi connectivity index (χ4n) is 11.5. The van der Waals surface area contributed by atoms with E-state index in [4.69, 9.17) is 16.1 Å². The van der Waals surface area contributed by atoms with Gasteiger partial charge in [-0.15, -0.1) is 0 Å². The van der Waals surface area contributed by atoms with Gasteiger partial charge in [-0.1, -0.05) is 42.0 Å². The van der Waals surface area contributed by atoms with Crippen LogP contribution in [0.4, 0.5) is 0 Å². The van der Waals surface area contributed by atoms with Gasteiger partial charge in [0, 0.05) is 88.6 Å². The van der Waals surface area contributed by atoms with Crippen molar-refractivity contribution in [3.63, 3.8) is 0 Å². The Labute approximate surface area is 698 Å². The number of nitrogens with two attached hydrogens (primary N) is 1. The maximum Gasteiger partial charge on any atom is 0.323 e. The largest absolute Gasteiger partial charge is 0.480 e. The number of carbonyl (C=O) groups is 12. The van der Waals surface area contributed by atoms with Crippen molar-refractivity contribution in [2.75, 3.05) is 179 Å². The average molecular weight is 1670 g/mol. The van der Waals surface area contributed by atoms with Crippen LogP contribution in [0, 0.1) is 27.1 Å². The van der Waals surface area contributed by atoms with Gasteiger partial charge in [-0.25, -0.2) is 29.9 Å². The standard InChI is InChI=1S/C17H31N5O3.C16H29N5O3.C14H26N4O2.C13H24N4O2.C8H15N3O.C6H13NO2.C4H11NO2.CH4/c1-9-12-17(4,15(25)22(8)19-12)11-18-14(24)16(2,3)21(7)13(23)10-20(5)6;1-8-11-16(4,14(24)21(7)19-11)10-18-13(23)15(2,3)20(6)12(22)9-17-5;1-8-10-14(4,12(20)18(7)16-10)9-15-11(19)13(2,3)17(5)6;1-7-9-13(4,11(19)17(6)16-9)8-15-10(18)12(2,3)14-5;1-4-6-8(2,5-9)7(12)11(3)10-6;1-6(2,5(8)9)7(3)4;1-5(2)3-4-7-6;/h9-11H2,1-8H3,(H,18,24);17H,8-10H2,1-7H3,(H,18,23);8-9H2,1-7H3,(H,15,19);14H,7-8H2,1-6H3,(H,15,18);4-5,9H2,1-3H3;1-4H3,(H,8,9);6H,3-4H2,1-2H3;1H4. The number of carboxylic acids is 1. The summed E-state index contributed by atoms with van der Waals surface area (Å²) >= 11 is 0. The molecule has 0 spiro atoms. The van der Waals surface area contributed by atoms with E-state index in [1.54, 1.807) is 171 Å². The minimum Gasteiger partial charge on any atom is -0.480 e. The number of hydrogen-bond acceptors (Lipinski definition) is 26. The van der Waals surface area contributed by atoms with Crippen LogP contribution in [-0.4, -0.2) is 371 Å². The lowest BCUT2D eigenvalue weighted by atomic mass is 9.83. The molecule has 0 saturated carbocycles. The molecule has 5 aliphatic rings. The normalized spacial score (nSPS) is 21.1. The highest BCUT2D eigenvalue weighted by Crippen LogP contribution is 2.34. The van der Waals surface area contributed by atoms with Crippen molar-refractivity contribution >= 4 is 99.5 Å². The number of amides is 11. The fraction of sp³-hybridized carbons (Fsp3) is 0.785. The molecular formula is C79H153N23O15. The van der Waals surface area contributed by atoms with Crippen molar-refractivity contribution in [1.29, 1.82) is 0 Å². The van der Waals surface area contributed by atoms with Crippen LogP contribution in [0.5, 0.6) is 0 Å². The Kier molecular flexibility index (Phi) is 45.2. The van der Waals surface area contributed by atoms with Gasteiger partial charge in [0.2, 0.25) is 35.4 Å². The van der Waals surface area contributed by atoms with E-state index in [9.17, 15) is 57.5 Å². The maximum absolute atomic E-state index is 12.7. The second kappa shape index (κ2) is 46.8. The first-order chi connectivity index (χ1) is 52.9. The van der Waals surface area contributed by atoms with E-state index in [1.807, 2.05) is 107 Å². The predicted octanol–water partition coefficient (Wildman–Crippen LogP) is 2.26. The number of likely N-dealkylation sites (N-methyl/N-ethyl adjacent to an activating group) is 8. The quantitative estimate of drug-likeness (QED) is 0.0355. The topological polar surface area (TPSA) is 450 Å². The van der Waals surface area contributed by atoms with E-state index in [0.29, 0.717) is 38.8 Å². The average Bonchev–Trinajstić information content (AvgIpc) is 1.60. The van der Waals surface area contributed by atoms with Gasteiger partial charge < -0.3 is 62.3 Å². The molecule has 38 nitrogen and oxygen atoms in total. The summed E-state index contributed by atoms with van der Waals surface area (Å²) < 4.78 is 0. The van der Waals surface area contributed by atoms with E-state index < -0.39 is 60.7 Å². The zero-order valence-electron chi connectivity index (χ0n) is 77.3.